The molecular formula is C24H33F3N4O3. The number of unbranched alkanes of at least 4 members (excludes halogenated alkanes) is 9. The smallest absolute Gasteiger partial charge is 0.396 e. The van der Waals surface area contributed by atoms with Crippen LogP contribution in [0.5, 0.6) is 0 Å². The van der Waals surface area contributed by atoms with Crippen molar-refractivity contribution < 1.29 is 27.3 Å². The van der Waals surface area contributed by atoms with Crippen molar-refractivity contribution >= 4 is 12.1 Å². The summed E-state index contributed by atoms with van der Waals surface area (Å²) >= 11 is 0. The van der Waals surface area contributed by atoms with Crippen molar-refractivity contribution in [2.45, 2.75) is 77.3 Å². The van der Waals surface area contributed by atoms with Crippen molar-refractivity contribution in [3.8, 4) is 11.4 Å². The molecule has 1 aromatic heterocycles. The number of hydrogen-bond donors (Lipinski definition) is 1. The Kier molecular flexibility index (Phi) is 12.1. The second kappa shape index (κ2) is 15.1. The van der Waals surface area contributed by atoms with Crippen molar-refractivity contribution in [1.29, 1.82) is 0 Å². The molecule has 0 aliphatic carbocycles. The first-order chi connectivity index (χ1) is 16.4. The predicted octanol–water partition coefficient (Wildman–Crippen LogP) is 6.41. The van der Waals surface area contributed by atoms with Gasteiger partial charge in [-0.25, -0.2) is 0 Å². The molecule has 0 aliphatic rings. The summed E-state index contributed by atoms with van der Waals surface area (Å²) in [4.78, 5) is 20.7. The minimum absolute atomic E-state index is 0.193. The van der Waals surface area contributed by atoms with Gasteiger partial charge >= 0.3 is 12.1 Å². The number of amides is 1. The highest BCUT2D eigenvalue weighted by molar-refractivity contribution is 5.95. The number of carbonyl (C=O) groups is 1. The van der Waals surface area contributed by atoms with E-state index >= 15 is 0 Å². The van der Waals surface area contributed by atoms with Crippen LogP contribution in [-0.2, 0) is 11.0 Å². The monoisotopic (exact) mass is 482 g/mol. The molecule has 0 radical (unpaired) electrons. The van der Waals surface area contributed by atoms with E-state index in [0.717, 1.165) is 12.8 Å². The Morgan fingerprint density at radius 1 is 1.03 bits per heavy atom. The maximum Gasteiger partial charge on any atom is 0.471 e. The van der Waals surface area contributed by atoms with E-state index in [1.165, 1.54) is 81.8 Å². The standard InChI is InChI=1S/C24H33F3N4O3/c1-2-3-4-5-6-7-8-9-10-11-18-33-29-17-16-28-22(32)20-14-12-19(13-15-20)21-30-23(34-31-21)24(25,26)27/h12-15,17H,2-11,16,18H2,1H3,(H,28,32). The predicted molar refractivity (Wildman–Crippen MR) is 123 cm³/mol. The zero-order valence-corrected chi connectivity index (χ0v) is 19.6. The van der Waals surface area contributed by atoms with Gasteiger partial charge in [-0.05, 0) is 25.0 Å². The summed E-state index contributed by atoms with van der Waals surface area (Å²) in [5, 5.41) is 9.80. The average molecular weight is 483 g/mol. The Labute approximate surface area is 198 Å². The first-order valence-corrected chi connectivity index (χ1v) is 11.8. The molecule has 0 unspecified atom stereocenters. The molecule has 0 saturated carbocycles. The Morgan fingerprint density at radius 3 is 2.24 bits per heavy atom. The van der Waals surface area contributed by atoms with Crippen LogP contribution in [0.2, 0.25) is 0 Å². The van der Waals surface area contributed by atoms with E-state index in [9.17, 15) is 18.0 Å². The zero-order valence-electron chi connectivity index (χ0n) is 19.6. The van der Waals surface area contributed by atoms with Gasteiger partial charge in [-0.1, -0.05) is 80.7 Å². The molecule has 1 heterocycles. The van der Waals surface area contributed by atoms with E-state index < -0.39 is 12.1 Å². The SMILES string of the molecule is CCCCCCCCCCCCON=CCNC(=O)c1ccc(-c2noc(C(F)(F)F)n2)cc1. The molecule has 0 aliphatic heterocycles. The zero-order chi connectivity index (χ0) is 24.7. The van der Waals surface area contributed by atoms with Crippen LogP contribution < -0.4 is 5.32 Å². The lowest BCUT2D eigenvalue weighted by atomic mass is 10.1. The molecule has 0 fully saturated rings. The third kappa shape index (κ3) is 10.4. The number of benzene rings is 1. The second-order valence-corrected chi connectivity index (χ2v) is 8.01. The molecule has 1 aromatic carbocycles. The fraction of sp³-hybridized carbons (Fsp3) is 0.583. The molecular weight excluding hydrogens is 449 g/mol. The van der Waals surface area contributed by atoms with Gasteiger partial charge in [-0.15, -0.1) is 0 Å². The van der Waals surface area contributed by atoms with Gasteiger partial charge in [0.1, 0.15) is 6.61 Å². The number of halogens is 3. The molecule has 0 spiro atoms. The number of carbonyl (C=O) groups excluding carboxylic acids is 1. The molecule has 0 saturated heterocycles. The Bertz CT molecular complexity index is 867. The van der Waals surface area contributed by atoms with E-state index in [2.05, 4.69) is 32.1 Å². The van der Waals surface area contributed by atoms with E-state index in [4.69, 9.17) is 4.84 Å². The third-order valence-electron chi connectivity index (χ3n) is 5.17. The van der Waals surface area contributed by atoms with Crippen molar-refractivity contribution in [1.82, 2.24) is 15.5 Å². The first-order valence-electron chi connectivity index (χ1n) is 11.8. The summed E-state index contributed by atoms with van der Waals surface area (Å²) in [6.45, 7) is 2.97. The Hall–Kier alpha value is -2.91. The van der Waals surface area contributed by atoms with Crippen LogP contribution >= 0.6 is 0 Å². The molecule has 10 heteroatoms. The van der Waals surface area contributed by atoms with Gasteiger partial charge in [0.05, 0.1) is 12.8 Å². The van der Waals surface area contributed by atoms with Crippen LogP contribution in [-0.4, -0.2) is 35.4 Å². The van der Waals surface area contributed by atoms with Crippen molar-refractivity contribution in [3.63, 3.8) is 0 Å². The Balaban J connectivity index is 1.55. The van der Waals surface area contributed by atoms with Gasteiger partial charge in [0.25, 0.3) is 5.91 Å². The Morgan fingerprint density at radius 2 is 1.65 bits per heavy atom. The van der Waals surface area contributed by atoms with E-state index in [0.29, 0.717) is 17.7 Å². The lowest BCUT2D eigenvalue weighted by molar-refractivity contribution is -0.159. The number of alkyl halides is 3. The summed E-state index contributed by atoms with van der Waals surface area (Å²) < 4.78 is 41.9. The molecule has 1 amide bonds. The number of rotatable bonds is 16. The average Bonchev–Trinajstić information content (AvgIpc) is 3.33. The molecule has 34 heavy (non-hydrogen) atoms. The van der Waals surface area contributed by atoms with Gasteiger partial charge in [0, 0.05) is 11.1 Å². The van der Waals surface area contributed by atoms with Crippen LogP contribution in [0, 0.1) is 0 Å². The number of nitrogens with one attached hydrogen (secondary N) is 1. The molecule has 0 bridgehead atoms. The number of oxime groups is 1. The lowest BCUT2D eigenvalue weighted by Crippen LogP contribution is -2.25. The van der Waals surface area contributed by atoms with Crippen LogP contribution in [0.3, 0.4) is 0 Å². The highest BCUT2D eigenvalue weighted by atomic mass is 19.4. The molecule has 7 nitrogen and oxygen atoms in total. The van der Waals surface area contributed by atoms with E-state index in [1.807, 2.05) is 0 Å². The quantitative estimate of drug-likeness (QED) is 0.170. The summed E-state index contributed by atoms with van der Waals surface area (Å²) in [5.41, 5.74) is 0.640. The fourth-order valence-corrected chi connectivity index (χ4v) is 3.26. The number of hydrogen-bond acceptors (Lipinski definition) is 6. The first kappa shape index (κ1) is 27.3. The summed E-state index contributed by atoms with van der Waals surface area (Å²) in [5.74, 6) is -1.97. The summed E-state index contributed by atoms with van der Waals surface area (Å²) in [6, 6.07) is 5.83. The number of nitrogens with zero attached hydrogens (tertiary/aromatic N) is 3. The van der Waals surface area contributed by atoms with E-state index in [-0.39, 0.29) is 18.3 Å². The highest BCUT2D eigenvalue weighted by Crippen LogP contribution is 2.29. The van der Waals surface area contributed by atoms with Crippen molar-refractivity contribution in [3.05, 3.63) is 35.7 Å². The number of aromatic nitrogens is 2. The summed E-state index contributed by atoms with van der Waals surface area (Å²) in [6.07, 6.45) is 9.30. The van der Waals surface area contributed by atoms with Crippen molar-refractivity contribution in [2.24, 2.45) is 5.16 Å². The van der Waals surface area contributed by atoms with Crippen LogP contribution in [0.15, 0.2) is 33.9 Å². The molecule has 2 rings (SSSR count). The van der Waals surface area contributed by atoms with E-state index in [1.54, 1.807) is 0 Å². The lowest BCUT2D eigenvalue weighted by Gasteiger charge is -2.03. The molecule has 188 valence electrons. The maximum atomic E-state index is 12.6. The van der Waals surface area contributed by atoms with Gasteiger partial charge in [-0.2, -0.15) is 18.2 Å². The van der Waals surface area contributed by atoms with Crippen molar-refractivity contribution in [2.75, 3.05) is 13.2 Å². The molecule has 2 aromatic rings. The van der Waals surface area contributed by atoms with Crippen LogP contribution in [0.25, 0.3) is 11.4 Å². The van der Waals surface area contributed by atoms with Gasteiger partial charge < -0.3 is 14.7 Å². The largest absolute Gasteiger partial charge is 0.471 e. The topological polar surface area (TPSA) is 89.6 Å². The van der Waals surface area contributed by atoms with Crippen LogP contribution in [0.4, 0.5) is 13.2 Å². The summed E-state index contributed by atoms with van der Waals surface area (Å²) in [7, 11) is 0. The maximum absolute atomic E-state index is 12.6. The van der Waals surface area contributed by atoms with Crippen LogP contribution in [0.1, 0.15) is 87.4 Å². The minimum Gasteiger partial charge on any atom is -0.396 e. The second-order valence-electron chi connectivity index (χ2n) is 8.01. The fourth-order valence-electron chi connectivity index (χ4n) is 3.26. The highest BCUT2D eigenvalue weighted by Gasteiger charge is 2.38. The van der Waals surface area contributed by atoms with Gasteiger partial charge in [-0.3, -0.25) is 4.79 Å². The minimum atomic E-state index is -4.70. The normalized spacial score (nSPS) is 11.8. The molecule has 1 N–H and O–H groups in total. The van der Waals surface area contributed by atoms with Gasteiger partial charge in [0.2, 0.25) is 5.82 Å². The third-order valence-corrected chi connectivity index (χ3v) is 5.17. The molecule has 0 atom stereocenters. The van der Waals surface area contributed by atoms with Gasteiger partial charge in [0.15, 0.2) is 0 Å².